The van der Waals surface area contributed by atoms with Gasteiger partial charge < -0.3 is 5.73 Å². The molecule has 0 aliphatic heterocycles. The average Bonchev–Trinajstić information content (AvgIpc) is 2.59. The number of aromatic nitrogens is 2. The maximum Gasteiger partial charge on any atom is 0.0524 e. The minimum Gasteiger partial charge on any atom is -0.330 e. The second-order valence-electron chi connectivity index (χ2n) is 4.50. The molecule has 78 valence electrons. The zero-order valence-electron chi connectivity index (χ0n) is 9.03. The van der Waals surface area contributed by atoms with Crippen molar-refractivity contribution < 1.29 is 0 Å². The minimum atomic E-state index is 0.468. The summed E-state index contributed by atoms with van der Waals surface area (Å²) in [4.78, 5) is 0. The van der Waals surface area contributed by atoms with Gasteiger partial charge in [-0.2, -0.15) is 5.10 Å². The molecule has 0 saturated carbocycles. The van der Waals surface area contributed by atoms with Gasteiger partial charge in [-0.25, -0.2) is 0 Å². The van der Waals surface area contributed by atoms with Gasteiger partial charge in [0.05, 0.1) is 6.20 Å². The molecule has 0 fully saturated rings. The quantitative estimate of drug-likeness (QED) is 0.774. The summed E-state index contributed by atoms with van der Waals surface area (Å²) in [5.74, 6) is 0.664. The zero-order chi connectivity index (χ0) is 10.1. The lowest BCUT2D eigenvalue weighted by atomic mass is 9.88. The van der Waals surface area contributed by atoms with Crippen LogP contribution in [0.15, 0.2) is 6.20 Å². The van der Waals surface area contributed by atoms with Crippen LogP contribution in [0, 0.1) is 5.92 Å². The van der Waals surface area contributed by atoms with Crippen LogP contribution in [0.5, 0.6) is 0 Å². The molecule has 1 atom stereocenters. The number of aryl methyl sites for hydroxylation is 1. The van der Waals surface area contributed by atoms with Gasteiger partial charge in [-0.05, 0) is 51.1 Å². The van der Waals surface area contributed by atoms with Crippen molar-refractivity contribution in [3.63, 3.8) is 0 Å². The van der Waals surface area contributed by atoms with Crippen molar-refractivity contribution in [1.82, 2.24) is 9.78 Å². The van der Waals surface area contributed by atoms with Crippen LogP contribution in [0.25, 0.3) is 0 Å². The lowest BCUT2D eigenvalue weighted by Crippen LogP contribution is -2.24. The number of fused-ring (bicyclic) bond motifs is 1. The normalized spacial score (nSPS) is 21.3. The molecule has 3 nitrogen and oxygen atoms in total. The minimum absolute atomic E-state index is 0.468. The van der Waals surface area contributed by atoms with Gasteiger partial charge in [0.2, 0.25) is 0 Å². The first-order valence-electron chi connectivity index (χ1n) is 5.47. The number of nitrogens with two attached hydrogens (primary N) is 1. The summed E-state index contributed by atoms with van der Waals surface area (Å²) in [7, 11) is 0. The molecule has 0 spiro atoms. The highest BCUT2D eigenvalue weighted by atomic mass is 15.3. The molecule has 0 amide bonds. The van der Waals surface area contributed by atoms with Crippen LogP contribution in [0.4, 0.5) is 0 Å². The Hall–Kier alpha value is -0.830. The van der Waals surface area contributed by atoms with Crippen molar-refractivity contribution in [2.75, 3.05) is 6.54 Å². The van der Waals surface area contributed by atoms with Gasteiger partial charge in [-0.15, -0.1) is 0 Å². The Kier molecular flexibility index (Phi) is 2.59. The Morgan fingerprint density at radius 2 is 2.43 bits per heavy atom. The van der Waals surface area contributed by atoms with E-state index in [0.29, 0.717) is 12.0 Å². The molecule has 2 N–H and O–H groups in total. The molecular formula is C11H19N3. The van der Waals surface area contributed by atoms with E-state index < -0.39 is 0 Å². The Labute approximate surface area is 85.3 Å². The van der Waals surface area contributed by atoms with Gasteiger partial charge in [0, 0.05) is 11.7 Å². The molecular weight excluding hydrogens is 174 g/mol. The zero-order valence-corrected chi connectivity index (χ0v) is 9.03. The Balaban J connectivity index is 2.28. The standard InChI is InChI=1S/C11H19N3/c1-8(2)14-11-5-9(6-12)3-4-10(11)7-13-14/h7-9H,3-6,12H2,1-2H3/t9-/m1/s1. The fourth-order valence-electron chi connectivity index (χ4n) is 2.24. The topological polar surface area (TPSA) is 43.8 Å². The molecule has 1 aliphatic rings. The first kappa shape index (κ1) is 9.71. The highest BCUT2D eigenvalue weighted by Gasteiger charge is 2.22. The summed E-state index contributed by atoms with van der Waals surface area (Å²) in [5, 5.41) is 4.44. The molecule has 1 aliphatic carbocycles. The molecule has 0 unspecified atom stereocenters. The van der Waals surface area contributed by atoms with Crippen molar-refractivity contribution in [3.05, 3.63) is 17.5 Å². The second kappa shape index (κ2) is 3.73. The molecule has 0 bridgehead atoms. The van der Waals surface area contributed by atoms with Crippen LogP contribution in [0.2, 0.25) is 0 Å². The maximum atomic E-state index is 5.73. The van der Waals surface area contributed by atoms with Gasteiger partial charge in [0.1, 0.15) is 0 Å². The van der Waals surface area contributed by atoms with E-state index in [1.165, 1.54) is 17.7 Å². The van der Waals surface area contributed by atoms with Gasteiger partial charge in [0.15, 0.2) is 0 Å². The van der Waals surface area contributed by atoms with Crippen LogP contribution in [-0.2, 0) is 12.8 Å². The summed E-state index contributed by atoms with van der Waals surface area (Å²) in [5.41, 5.74) is 8.58. The van der Waals surface area contributed by atoms with E-state index in [-0.39, 0.29) is 0 Å². The highest BCUT2D eigenvalue weighted by molar-refractivity contribution is 5.22. The van der Waals surface area contributed by atoms with Gasteiger partial charge in [-0.3, -0.25) is 4.68 Å². The van der Waals surface area contributed by atoms with E-state index in [2.05, 4.69) is 23.6 Å². The van der Waals surface area contributed by atoms with E-state index in [1.807, 2.05) is 6.20 Å². The summed E-state index contributed by atoms with van der Waals surface area (Å²) < 4.78 is 2.15. The monoisotopic (exact) mass is 193 g/mol. The van der Waals surface area contributed by atoms with E-state index in [9.17, 15) is 0 Å². The maximum absolute atomic E-state index is 5.73. The molecule has 3 heteroatoms. The molecule has 0 aromatic carbocycles. The van der Waals surface area contributed by atoms with Crippen molar-refractivity contribution in [1.29, 1.82) is 0 Å². The predicted octanol–water partition coefficient (Wildman–Crippen LogP) is 1.53. The van der Waals surface area contributed by atoms with Gasteiger partial charge in [-0.1, -0.05) is 0 Å². The molecule has 1 aromatic rings. The molecule has 0 saturated heterocycles. The second-order valence-corrected chi connectivity index (χ2v) is 4.50. The van der Waals surface area contributed by atoms with Crippen molar-refractivity contribution >= 4 is 0 Å². The van der Waals surface area contributed by atoms with E-state index in [4.69, 9.17) is 5.73 Å². The SMILES string of the molecule is CC(C)n1ncc2c1C[C@H](CN)CC2. The van der Waals surface area contributed by atoms with Crippen LogP contribution >= 0.6 is 0 Å². The largest absolute Gasteiger partial charge is 0.330 e. The van der Waals surface area contributed by atoms with Crippen LogP contribution in [0.1, 0.15) is 37.6 Å². The Morgan fingerprint density at radius 1 is 1.64 bits per heavy atom. The summed E-state index contributed by atoms with van der Waals surface area (Å²) in [6.07, 6.45) is 5.53. The van der Waals surface area contributed by atoms with Gasteiger partial charge >= 0.3 is 0 Å². The molecule has 1 heterocycles. The summed E-state index contributed by atoms with van der Waals surface area (Å²) in [6.45, 7) is 5.17. The van der Waals surface area contributed by atoms with E-state index in [0.717, 1.165) is 19.4 Å². The number of rotatable bonds is 2. The van der Waals surface area contributed by atoms with Crippen LogP contribution < -0.4 is 5.73 Å². The predicted molar refractivity (Wildman–Crippen MR) is 57.2 cm³/mol. The fourth-order valence-corrected chi connectivity index (χ4v) is 2.24. The van der Waals surface area contributed by atoms with Gasteiger partial charge in [0.25, 0.3) is 0 Å². The number of nitrogens with zero attached hydrogens (tertiary/aromatic N) is 2. The summed E-state index contributed by atoms with van der Waals surface area (Å²) in [6, 6.07) is 0.468. The van der Waals surface area contributed by atoms with Crippen LogP contribution in [-0.4, -0.2) is 16.3 Å². The summed E-state index contributed by atoms with van der Waals surface area (Å²) >= 11 is 0. The number of hydrogen-bond donors (Lipinski definition) is 1. The Bertz CT molecular complexity index is 314. The van der Waals surface area contributed by atoms with Crippen LogP contribution in [0.3, 0.4) is 0 Å². The molecule has 0 radical (unpaired) electrons. The number of hydrogen-bond acceptors (Lipinski definition) is 2. The first-order valence-corrected chi connectivity index (χ1v) is 5.47. The van der Waals surface area contributed by atoms with Crippen molar-refractivity contribution in [2.45, 2.75) is 39.2 Å². The third-order valence-corrected chi connectivity index (χ3v) is 3.11. The lowest BCUT2D eigenvalue weighted by Gasteiger charge is -2.22. The molecule has 14 heavy (non-hydrogen) atoms. The lowest BCUT2D eigenvalue weighted by molar-refractivity contribution is 0.426. The van der Waals surface area contributed by atoms with E-state index in [1.54, 1.807) is 0 Å². The molecule has 2 rings (SSSR count). The Morgan fingerprint density at radius 3 is 3.07 bits per heavy atom. The molecule has 1 aromatic heterocycles. The fraction of sp³-hybridized carbons (Fsp3) is 0.727. The van der Waals surface area contributed by atoms with Crippen molar-refractivity contribution in [3.8, 4) is 0 Å². The smallest absolute Gasteiger partial charge is 0.0524 e. The van der Waals surface area contributed by atoms with Crippen molar-refractivity contribution in [2.24, 2.45) is 11.7 Å². The first-order chi connectivity index (χ1) is 6.72. The van der Waals surface area contributed by atoms with E-state index >= 15 is 0 Å². The third kappa shape index (κ3) is 1.57. The third-order valence-electron chi connectivity index (χ3n) is 3.11. The highest BCUT2D eigenvalue weighted by Crippen LogP contribution is 2.26. The average molecular weight is 193 g/mol.